The maximum Gasteiger partial charge on any atom is 0.327 e. The Bertz CT molecular complexity index is 422. The lowest BCUT2D eigenvalue weighted by Crippen LogP contribution is -2.14. The van der Waals surface area contributed by atoms with Crippen molar-refractivity contribution in [1.82, 2.24) is 0 Å². The van der Waals surface area contributed by atoms with Crippen LogP contribution < -0.4 is 5.32 Å². The van der Waals surface area contributed by atoms with Gasteiger partial charge >= 0.3 is 5.69 Å². The van der Waals surface area contributed by atoms with E-state index in [-0.39, 0.29) is 5.69 Å². The van der Waals surface area contributed by atoms with Gasteiger partial charge < -0.3 is 5.32 Å². The van der Waals surface area contributed by atoms with Crippen LogP contribution in [0.2, 0.25) is 0 Å². The molecule has 4 nitrogen and oxygen atoms in total. The van der Waals surface area contributed by atoms with Gasteiger partial charge in [-0.25, -0.2) is 0 Å². The molecule has 6 heteroatoms. The molecule has 0 amide bonds. The van der Waals surface area contributed by atoms with Crippen LogP contribution in [0, 0.1) is 21.8 Å². The Kier molecular flexibility index (Phi) is 3.83. The van der Waals surface area contributed by atoms with Crippen LogP contribution in [0.1, 0.15) is 6.42 Å². The first-order valence-corrected chi connectivity index (χ1v) is 6.58. The first kappa shape index (κ1) is 12.2. The van der Waals surface area contributed by atoms with Gasteiger partial charge in [-0.3, -0.25) is 10.1 Å². The van der Waals surface area contributed by atoms with Crippen LogP contribution in [0.15, 0.2) is 18.2 Å². The number of rotatable bonds is 4. The summed E-state index contributed by atoms with van der Waals surface area (Å²) in [5, 5.41) is 13.7. The van der Waals surface area contributed by atoms with Crippen molar-refractivity contribution in [2.45, 2.75) is 6.42 Å². The second-order valence-corrected chi connectivity index (χ2v) is 5.15. The Balaban J connectivity index is 2.09. The first-order chi connectivity index (χ1) is 8.18. The largest absolute Gasteiger partial charge is 0.379 e. The number of nitrogens with one attached hydrogen (secondary N) is 1. The summed E-state index contributed by atoms with van der Waals surface area (Å²) in [4.78, 5) is 10.1. The molecule has 0 bridgehead atoms. The van der Waals surface area contributed by atoms with Crippen LogP contribution in [-0.2, 0) is 0 Å². The van der Waals surface area contributed by atoms with Gasteiger partial charge in [0.15, 0.2) is 0 Å². The maximum atomic E-state index is 13.3. The number of benzene rings is 1. The fourth-order valence-electron chi connectivity index (χ4n) is 1.84. The smallest absolute Gasteiger partial charge is 0.327 e. The molecule has 1 N–H and O–H groups in total. The van der Waals surface area contributed by atoms with Gasteiger partial charge in [0.2, 0.25) is 5.82 Å². The monoisotopic (exact) mass is 256 g/mol. The van der Waals surface area contributed by atoms with Gasteiger partial charge in [0.05, 0.1) is 4.92 Å². The van der Waals surface area contributed by atoms with E-state index in [0.717, 1.165) is 24.0 Å². The second kappa shape index (κ2) is 5.35. The van der Waals surface area contributed by atoms with Gasteiger partial charge in [-0.15, -0.1) is 0 Å². The molecule has 1 aliphatic rings. The third-order valence-corrected chi connectivity index (χ3v) is 4.01. The van der Waals surface area contributed by atoms with Crippen molar-refractivity contribution in [1.29, 1.82) is 0 Å². The summed E-state index contributed by atoms with van der Waals surface area (Å²) in [6, 6.07) is 4.13. The minimum atomic E-state index is -0.791. The SMILES string of the molecule is O=[N+]([O-])c1c(F)cccc1NCC1CCSC1. The normalized spacial score (nSPS) is 19.2. The van der Waals surface area contributed by atoms with Crippen LogP contribution in [0.5, 0.6) is 0 Å². The van der Waals surface area contributed by atoms with Gasteiger partial charge in [0.1, 0.15) is 5.69 Å². The molecule has 1 aliphatic heterocycles. The molecule has 1 aromatic carbocycles. The molecule has 0 aliphatic carbocycles. The summed E-state index contributed by atoms with van der Waals surface area (Å²) in [5.74, 6) is 1.93. The second-order valence-electron chi connectivity index (χ2n) is 4.00. The van der Waals surface area contributed by atoms with Crippen LogP contribution in [-0.4, -0.2) is 23.0 Å². The highest BCUT2D eigenvalue weighted by Gasteiger charge is 2.21. The lowest BCUT2D eigenvalue weighted by molar-refractivity contribution is -0.386. The fourth-order valence-corrected chi connectivity index (χ4v) is 3.13. The zero-order valence-electron chi connectivity index (χ0n) is 9.19. The zero-order chi connectivity index (χ0) is 12.3. The van der Waals surface area contributed by atoms with Crippen molar-refractivity contribution in [2.75, 3.05) is 23.4 Å². The number of thioether (sulfide) groups is 1. The summed E-state index contributed by atoms with van der Waals surface area (Å²) >= 11 is 1.88. The molecule has 0 saturated carbocycles. The van der Waals surface area contributed by atoms with Crippen LogP contribution in [0.25, 0.3) is 0 Å². The maximum absolute atomic E-state index is 13.3. The van der Waals surface area contributed by atoms with E-state index in [2.05, 4.69) is 5.32 Å². The molecule has 2 rings (SSSR count). The van der Waals surface area contributed by atoms with Crippen molar-refractivity contribution in [3.8, 4) is 0 Å². The van der Waals surface area contributed by atoms with E-state index < -0.39 is 16.4 Å². The molecule has 0 aromatic heterocycles. The predicted octanol–water partition coefficient (Wildman–Crippen LogP) is 2.90. The summed E-state index contributed by atoms with van der Waals surface area (Å²) in [6.07, 6.45) is 1.11. The predicted molar refractivity (Wildman–Crippen MR) is 67.0 cm³/mol. The van der Waals surface area contributed by atoms with E-state index in [1.807, 2.05) is 11.8 Å². The minimum absolute atomic E-state index is 0.270. The molecule has 1 saturated heterocycles. The Hall–Kier alpha value is -1.30. The average molecular weight is 256 g/mol. The van der Waals surface area contributed by atoms with Crippen LogP contribution in [0.4, 0.5) is 15.8 Å². The van der Waals surface area contributed by atoms with E-state index >= 15 is 0 Å². The van der Waals surface area contributed by atoms with E-state index in [1.54, 1.807) is 6.07 Å². The summed E-state index contributed by atoms with van der Waals surface area (Å²) in [6.45, 7) is 0.664. The number of halogens is 1. The molecule has 1 atom stereocenters. The van der Waals surface area contributed by atoms with Crippen molar-refractivity contribution >= 4 is 23.1 Å². The molecule has 1 aromatic rings. The van der Waals surface area contributed by atoms with E-state index in [9.17, 15) is 14.5 Å². The Morgan fingerprint density at radius 1 is 1.59 bits per heavy atom. The Labute approximate surface area is 103 Å². The van der Waals surface area contributed by atoms with E-state index in [0.29, 0.717) is 12.5 Å². The molecular formula is C11H13FN2O2S. The van der Waals surface area contributed by atoms with Crippen molar-refractivity contribution in [3.63, 3.8) is 0 Å². The van der Waals surface area contributed by atoms with Crippen LogP contribution >= 0.6 is 11.8 Å². The summed E-state index contributed by atoms with van der Waals surface area (Å²) < 4.78 is 13.3. The minimum Gasteiger partial charge on any atom is -0.379 e. The van der Waals surface area contributed by atoms with E-state index in [1.165, 1.54) is 6.07 Å². The Morgan fingerprint density at radius 3 is 3.06 bits per heavy atom. The van der Waals surface area contributed by atoms with Gasteiger partial charge in [0.25, 0.3) is 0 Å². The molecule has 17 heavy (non-hydrogen) atoms. The number of hydrogen-bond acceptors (Lipinski definition) is 4. The third-order valence-electron chi connectivity index (χ3n) is 2.77. The lowest BCUT2D eigenvalue weighted by atomic mass is 10.1. The summed E-state index contributed by atoms with van der Waals surface area (Å²) in [5.41, 5.74) is -0.190. The quantitative estimate of drug-likeness (QED) is 0.664. The average Bonchev–Trinajstić information content (AvgIpc) is 2.78. The number of nitro benzene ring substituents is 1. The van der Waals surface area contributed by atoms with Crippen molar-refractivity contribution < 1.29 is 9.31 Å². The first-order valence-electron chi connectivity index (χ1n) is 5.43. The molecule has 1 unspecified atom stereocenters. The van der Waals surface area contributed by atoms with Crippen molar-refractivity contribution in [2.24, 2.45) is 5.92 Å². The Morgan fingerprint density at radius 2 is 2.41 bits per heavy atom. The number of anilines is 1. The highest BCUT2D eigenvalue weighted by atomic mass is 32.2. The van der Waals surface area contributed by atoms with Gasteiger partial charge in [0, 0.05) is 6.54 Å². The summed E-state index contributed by atoms with van der Waals surface area (Å²) in [7, 11) is 0. The number of hydrogen-bond donors (Lipinski definition) is 1. The van der Waals surface area contributed by atoms with Crippen molar-refractivity contribution in [3.05, 3.63) is 34.1 Å². The van der Waals surface area contributed by atoms with Gasteiger partial charge in [-0.05, 0) is 36.0 Å². The number of para-hydroxylation sites is 1. The van der Waals surface area contributed by atoms with Gasteiger partial charge in [-0.1, -0.05) is 6.07 Å². The lowest BCUT2D eigenvalue weighted by Gasteiger charge is -2.11. The van der Waals surface area contributed by atoms with Gasteiger partial charge in [-0.2, -0.15) is 16.2 Å². The number of nitro groups is 1. The zero-order valence-corrected chi connectivity index (χ0v) is 10.0. The topological polar surface area (TPSA) is 55.2 Å². The molecule has 92 valence electrons. The number of nitrogens with zero attached hydrogens (tertiary/aromatic N) is 1. The standard InChI is InChI=1S/C11H13FN2O2S/c12-9-2-1-3-10(11(9)14(15)16)13-6-8-4-5-17-7-8/h1-3,8,13H,4-7H2. The fraction of sp³-hybridized carbons (Fsp3) is 0.455. The highest BCUT2D eigenvalue weighted by Crippen LogP contribution is 2.29. The van der Waals surface area contributed by atoms with E-state index in [4.69, 9.17) is 0 Å². The molecule has 0 radical (unpaired) electrons. The molecule has 1 fully saturated rings. The third kappa shape index (κ3) is 2.88. The molecule has 1 heterocycles. The highest BCUT2D eigenvalue weighted by molar-refractivity contribution is 7.99. The molecule has 0 spiro atoms. The molecular weight excluding hydrogens is 243 g/mol. The van der Waals surface area contributed by atoms with Crippen LogP contribution in [0.3, 0.4) is 0 Å².